The van der Waals surface area contributed by atoms with Gasteiger partial charge in [-0.2, -0.15) is 0 Å². The Morgan fingerprint density at radius 1 is 1.25 bits per heavy atom. The third kappa shape index (κ3) is 2.09. The molecule has 0 spiro atoms. The van der Waals surface area contributed by atoms with Crippen molar-refractivity contribution in [3.05, 3.63) is 35.9 Å². The smallest absolute Gasteiger partial charge is 0.254 e. The third-order valence-corrected chi connectivity index (χ3v) is 2.94. The first-order chi connectivity index (χ1) is 7.77. The van der Waals surface area contributed by atoms with Crippen molar-refractivity contribution in [2.45, 2.75) is 26.1 Å². The van der Waals surface area contributed by atoms with Gasteiger partial charge in [0.25, 0.3) is 5.91 Å². The summed E-state index contributed by atoms with van der Waals surface area (Å²) in [5.74, 6) is 0.110. The third-order valence-electron chi connectivity index (χ3n) is 2.94. The molecule has 1 heterocycles. The molecule has 3 nitrogen and oxygen atoms in total. The second-order valence-corrected chi connectivity index (χ2v) is 3.90. The van der Waals surface area contributed by atoms with E-state index in [-0.39, 0.29) is 18.1 Å². The molecule has 3 heteroatoms. The molecule has 2 atom stereocenters. The monoisotopic (exact) mass is 219 g/mol. The van der Waals surface area contributed by atoms with Crippen LogP contribution in [-0.2, 0) is 9.53 Å². The molecule has 1 aromatic carbocycles. The molecule has 1 amide bonds. The molecule has 0 aromatic heterocycles. The van der Waals surface area contributed by atoms with E-state index < -0.39 is 0 Å². The lowest BCUT2D eigenvalue weighted by atomic mass is 10.1. The number of benzene rings is 1. The molecule has 1 aromatic rings. The van der Waals surface area contributed by atoms with E-state index in [1.54, 1.807) is 0 Å². The van der Waals surface area contributed by atoms with E-state index in [1.165, 1.54) is 0 Å². The zero-order valence-corrected chi connectivity index (χ0v) is 9.72. The summed E-state index contributed by atoms with van der Waals surface area (Å²) in [5.41, 5.74) is 1.09. The normalized spacial score (nSPS) is 22.9. The maximum absolute atomic E-state index is 12.0. The summed E-state index contributed by atoms with van der Waals surface area (Å²) in [6, 6.07) is 9.90. The van der Waals surface area contributed by atoms with Crippen LogP contribution in [0.5, 0.6) is 0 Å². The number of likely N-dealkylation sites (N-methyl/N-ethyl adjacent to an activating group) is 1. The van der Waals surface area contributed by atoms with Gasteiger partial charge in [-0.25, -0.2) is 0 Å². The van der Waals surface area contributed by atoms with Gasteiger partial charge in [0.1, 0.15) is 6.10 Å². The van der Waals surface area contributed by atoms with E-state index in [0.717, 1.165) is 18.7 Å². The van der Waals surface area contributed by atoms with Crippen LogP contribution >= 0.6 is 0 Å². The Morgan fingerprint density at radius 3 is 2.44 bits per heavy atom. The minimum absolute atomic E-state index is 0.0331. The highest BCUT2D eigenvalue weighted by atomic mass is 16.6. The Hall–Kier alpha value is -1.35. The van der Waals surface area contributed by atoms with E-state index in [1.807, 2.05) is 49.1 Å². The fraction of sp³-hybridized carbons (Fsp3) is 0.462. The number of carbonyl (C=O) groups excluding carboxylic acids is 1. The molecule has 0 N–H and O–H groups in total. The zero-order valence-electron chi connectivity index (χ0n) is 9.72. The highest BCUT2D eigenvalue weighted by molar-refractivity contribution is 5.84. The van der Waals surface area contributed by atoms with Gasteiger partial charge in [0.05, 0.1) is 0 Å². The van der Waals surface area contributed by atoms with Crippen molar-refractivity contribution in [3.8, 4) is 0 Å². The predicted molar refractivity (Wildman–Crippen MR) is 62.0 cm³/mol. The topological polar surface area (TPSA) is 32.8 Å². The van der Waals surface area contributed by atoms with Gasteiger partial charge in [0, 0.05) is 13.1 Å². The van der Waals surface area contributed by atoms with Crippen LogP contribution in [0.3, 0.4) is 0 Å². The number of ether oxygens (including phenoxy) is 1. The van der Waals surface area contributed by atoms with Crippen LogP contribution in [0.2, 0.25) is 0 Å². The van der Waals surface area contributed by atoms with Crippen molar-refractivity contribution < 1.29 is 9.53 Å². The standard InChI is InChI=1S/C13H17NO2/c1-3-14(4-2)13(15)12-11(16-12)10-8-6-5-7-9-10/h5-9,11-12H,3-4H2,1-2H3/t11-,12+/m0/s1. The van der Waals surface area contributed by atoms with E-state index in [2.05, 4.69) is 0 Å². The van der Waals surface area contributed by atoms with Crippen LogP contribution in [0.4, 0.5) is 0 Å². The molecular weight excluding hydrogens is 202 g/mol. The molecule has 0 saturated carbocycles. The average Bonchev–Trinajstić information content (AvgIpc) is 3.11. The molecule has 2 rings (SSSR count). The zero-order chi connectivity index (χ0) is 11.5. The van der Waals surface area contributed by atoms with Gasteiger partial charge in [-0.05, 0) is 19.4 Å². The maximum atomic E-state index is 12.0. The number of rotatable bonds is 4. The molecule has 0 aliphatic carbocycles. The Kier molecular flexibility index (Phi) is 3.25. The van der Waals surface area contributed by atoms with Crippen molar-refractivity contribution in [1.82, 2.24) is 4.90 Å². The highest BCUT2D eigenvalue weighted by Gasteiger charge is 2.47. The Labute approximate surface area is 96.0 Å². The van der Waals surface area contributed by atoms with E-state index in [4.69, 9.17) is 4.74 Å². The van der Waals surface area contributed by atoms with Gasteiger partial charge in [-0.3, -0.25) is 4.79 Å². The Bertz CT molecular complexity index is 359. The first-order valence-corrected chi connectivity index (χ1v) is 5.77. The number of epoxide rings is 1. The van der Waals surface area contributed by atoms with Gasteiger partial charge in [0.2, 0.25) is 0 Å². The summed E-state index contributed by atoms with van der Waals surface area (Å²) in [6.45, 7) is 5.47. The van der Waals surface area contributed by atoms with Crippen molar-refractivity contribution in [2.24, 2.45) is 0 Å². The molecule has 0 unspecified atom stereocenters. The van der Waals surface area contributed by atoms with Gasteiger partial charge in [-0.15, -0.1) is 0 Å². The largest absolute Gasteiger partial charge is 0.354 e. The van der Waals surface area contributed by atoms with Crippen molar-refractivity contribution >= 4 is 5.91 Å². The fourth-order valence-corrected chi connectivity index (χ4v) is 1.91. The molecule has 0 bridgehead atoms. The van der Waals surface area contributed by atoms with Gasteiger partial charge >= 0.3 is 0 Å². The molecule has 16 heavy (non-hydrogen) atoms. The van der Waals surface area contributed by atoms with Crippen LogP contribution in [0.1, 0.15) is 25.5 Å². The SMILES string of the molecule is CCN(CC)C(=O)[C@@H]1O[C@H]1c1ccccc1. The van der Waals surface area contributed by atoms with E-state index in [9.17, 15) is 4.79 Å². The van der Waals surface area contributed by atoms with E-state index in [0.29, 0.717) is 0 Å². The highest BCUT2D eigenvalue weighted by Crippen LogP contribution is 2.39. The summed E-state index contributed by atoms with van der Waals surface area (Å²) in [6.07, 6.45) is -0.295. The molecule has 1 saturated heterocycles. The number of carbonyl (C=O) groups is 1. The van der Waals surface area contributed by atoms with Gasteiger partial charge < -0.3 is 9.64 Å². The van der Waals surface area contributed by atoms with Crippen LogP contribution in [-0.4, -0.2) is 30.0 Å². The Morgan fingerprint density at radius 2 is 1.88 bits per heavy atom. The molecule has 1 aliphatic heterocycles. The van der Waals surface area contributed by atoms with Crippen LogP contribution < -0.4 is 0 Å². The first kappa shape index (κ1) is 11.1. The lowest BCUT2D eigenvalue weighted by molar-refractivity contribution is -0.132. The van der Waals surface area contributed by atoms with Crippen molar-refractivity contribution in [2.75, 3.05) is 13.1 Å². The second kappa shape index (κ2) is 4.66. The summed E-state index contributed by atoms with van der Waals surface area (Å²) >= 11 is 0. The molecular formula is C13H17NO2. The predicted octanol–water partition coefficient (Wildman–Crippen LogP) is 1.99. The van der Waals surface area contributed by atoms with Gasteiger partial charge in [0.15, 0.2) is 6.10 Å². The first-order valence-electron chi connectivity index (χ1n) is 5.77. The summed E-state index contributed by atoms with van der Waals surface area (Å²) < 4.78 is 5.46. The number of hydrogen-bond acceptors (Lipinski definition) is 2. The number of hydrogen-bond donors (Lipinski definition) is 0. The quantitative estimate of drug-likeness (QED) is 0.725. The minimum atomic E-state index is -0.262. The minimum Gasteiger partial charge on any atom is -0.354 e. The average molecular weight is 219 g/mol. The number of amides is 1. The van der Waals surface area contributed by atoms with Crippen LogP contribution in [0.25, 0.3) is 0 Å². The molecule has 86 valence electrons. The Balaban J connectivity index is 1.99. The summed E-state index contributed by atoms with van der Waals surface area (Å²) in [5, 5.41) is 0. The fourth-order valence-electron chi connectivity index (χ4n) is 1.91. The number of nitrogens with zero attached hydrogens (tertiary/aromatic N) is 1. The summed E-state index contributed by atoms with van der Waals surface area (Å²) in [4.78, 5) is 13.8. The second-order valence-electron chi connectivity index (χ2n) is 3.90. The van der Waals surface area contributed by atoms with Crippen LogP contribution in [0, 0.1) is 0 Å². The summed E-state index contributed by atoms with van der Waals surface area (Å²) in [7, 11) is 0. The van der Waals surface area contributed by atoms with Crippen molar-refractivity contribution in [3.63, 3.8) is 0 Å². The lowest BCUT2D eigenvalue weighted by Gasteiger charge is -2.16. The van der Waals surface area contributed by atoms with Gasteiger partial charge in [-0.1, -0.05) is 30.3 Å². The molecule has 1 fully saturated rings. The maximum Gasteiger partial charge on any atom is 0.254 e. The lowest BCUT2D eigenvalue weighted by Crippen LogP contribution is -2.34. The van der Waals surface area contributed by atoms with E-state index >= 15 is 0 Å². The molecule has 0 radical (unpaired) electrons. The molecule has 1 aliphatic rings. The van der Waals surface area contributed by atoms with Crippen molar-refractivity contribution in [1.29, 1.82) is 0 Å². The van der Waals surface area contributed by atoms with Crippen LogP contribution in [0.15, 0.2) is 30.3 Å².